The van der Waals surface area contributed by atoms with Crippen molar-refractivity contribution in [1.82, 2.24) is 5.32 Å². The summed E-state index contributed by atoms with van der Waals surface area (Å²) in [4.78, 5) is 11.1. The van der Waals surface area contributed by atoms with Gasteiger partial charge < -0.3 is 10.1 Å². The fourth-order valence-electron chi connectivity index (χ4n) is 1.53. The van der Waals surface area contributed by atoms with Gasteiger partial charge >= 0.3 is 0 Å². The van der Waals surface area contributed by atoms with Crippen molar-refractivity contribution < 1.29 is 22.3 Å². The summed E-state index contributed by atoms with van der Waals surface area (Å²) in [5, 5.41) is 7.20. The molecule has 1 aromatic carbocycles. The van der Waals surface area contributed by atoms with Crippen molar-refractivity contribution in [3.63, 3.8) is 0 Å². The number of benzene rings is 1. The molecule has 0 heterocycles. The maximum absolute atomic E-state index is 14.0. The molecule has 1 rings (SSSR count). The molecule has 1 unspecified atom stereocenters. The maximum Gasteiger partial charge on any atom is 0.254 e. The van der Waals surface area contributed by atoms with E-state index in [1.165, 1.54) is 7.11 Å². The molecule has 0 aromatic heterocycles. The first-order chi connectivity index (χ1) is 9.16. The summed E-state index contributed by atoms with van der Waals surface area (Å²) in [6.07, 6.45) is 0. The van der Waals surface area contributed by atoms with E-state index in [1.807, 2.05) is 0 Å². The highest BCUT2D eigenvalue weighted by Crippen LogP contribution is 2.23. The summed E-state index contributed by atoms with van der Waals surface area (Å²) in [5.74, 6) is -2.04. The molecule has 0 saturated carbocycles. The van der Waals surface area contributed by atoms with E-state index >= 15 is 0 Å². The van der Waals surface area contributed by atoms with Crippen LogP contribution in [0, 0.1) is 5.82 Å². The first kappa shape index (κ1) is 16.8. The van der Waals surface area contributed by atoms with E-state index in [0.717, 1.165) is 12.1 Å². The Morgan fingerprint density at radius 1 is 1.55 bits per heavy atom. The third kappa shape index (κ3) is 4.14. The molecular weight excluding hydrogens is 311 g/mol. The van der Waals surface area contributed by atoms with Crippen LogP contribution in [0.25, 0.3) is 0 Å². The molecule has 1 amide bonds. The Bertz CT molecular complexity index is 621. The second-order valence-corrected chi connectivity index (χ2v) is 6.11. The lowest BCUT2D eigenvalue weighted by Crippen LogP contribution is -2.36. The van der Waals surface area contributed by atoms with Gasteiger partial charge in [-0.1, -0.05) is 11.6 Å². The maximum atomic E-state index is 14.0. The molecule has 0 spiro atoms. The zero-order valence-electron chi connectivity index (χ0n) is 10.8. The van der Waals surface area contributed by atoms with Crippen LogP contribution < -0.4 is 10.5 Å². The molecule has 112 valence electrons. The number of halogens is 2. The minimum absolute atomic E-state index is 0.111. The second kappa shape index (κ2) is 6.49. The normalized spacial score (nSPS) is 13.1. The lowest BCUT2D eigenvalue weighted by molar-refractivity contribution is 0.0901. The van der Waals surface area contributed by atoms with E-state index in [-0.39, 0.29) is 17.7 Å². The number of nitrogens with two attached hydrogens (primary N) is 1. The van der Waals surface area contributed by atoms with Crippen LogP contribution in [0.2, 0.25) is 5.02 Å². The molecule has 20 heavy (non-hydrogen) atoms. The summed E-state index contributed by atoms with van der Waals surface area (Å²) in [6, 6.07) is 1.49. The van der Waals surface area contributed by atoms with Crippen LogP contribution in [0.3, 0.4) is 0 Å². The van der Waals surface area contributed by atoms with Gasteiger partial charge in [-0.2, -0.15) is 0 Å². The number of amides is 1. The topological polar surface area (TPSA) is 98.5 Å². The smallest absolute Gasteiger partial charge is 0.254 e. The Labute approximate surface area is 121 Å². The van der Waals surface area contributed by atoms with Gasteiger partial charge in [-0.25, -0.2) is 17.9 Å². The van der Waals surface area contributed by atoms with E-state index in [9.17, 15) is 17.6 Å². The van der Waals surface area contributed by atoms with Gasteiger partial charge in [-0.05, 0) is 19.1 Å². The third-order valence-corrected chi connectivity index (χ3v) is 3.48. The van der Waals surface area contributed by atoms with Gasteiger partial charge in [0, 0.05) is 18.2 Å². The number of carbonyl (C=O) groups is 1. The molecule has 0 aliphatic carbocycles. The van der Waals surface area contributed by atoms with Crippen LogP contribution in [0.1, 0.15) is 17.3 Å². The van der Waals surface area contributed by atoms with Crippen molar-refractivity contribution >= 4 is 27.5 Å². The quantitative estimate of drug-likeness (QED) is 0.840. The zero-order valence-corrected chi connectivity index (χ0v) is 12.4. The van der Waals surface area contributed by atoms with Crippen molar-refractivity contribution in [2.75, 3.05) is 13.7 Å². The van der Waals surface area contributed by atoms with Gasteiger partial charge in [-0.3, -0.25) is 4.79 Å². The summed E-state index contributed by atoms with van der Waals surface area (Å²) in [7, 11) is -2.87. The van der Waals surface area contributed by atoms with Crippen molar-refractivity contribution in [3.8, 4) is 0 Å². The number of ether oxygens (including phenoxy) is 1. The molecule has 1 aromatic rings. The van der Waals surface area contributed by atoms with Crippen LogP contribution in [0.5, 0.6) is 0 Å². The highest BCUT2D eigenvalue weighted by molar-refractivity contribution is 7.89. The minimum Gasteiger partial charge on any atom is -0.383 e. The van der Waals surface area contributed by atoms with Gasteiger partial charge in [0.05, 0.1) is 12.2 Å². The molecule has 6 nitrogen and oxygen atoms in total. The lowest BCUT2D eigenvalue weighted by Gasteiger charge is -2.14. The Hall–Kier alpha value is -1.22. The average Bonchev–Trinajstić information content (AvgIpc) is 2.30. The molecule has 0 saturated heterocycles. The molecule has 0 radical (unpaired) electrons. The Kier molecular flexibility index (Phi) is 5.46. The SMILES string of the molecule is COCC(C)NC(=O)c1cc(Cl)cc(S(N)(=O)=O)c1F. The van der Waals surface area contributed by atoms with Crippen molar-refractivity contribution in [2.24, 2.45) is 5.14 Å². The van der Waals surface area contributed by atoms with Crippen LogP contribution in [0.15, 0.2) is 17.0 Å². The van der Waals surface area contributed by atoms with Crippen molar-refractivity contribution in [1.29, 1.82) is 0 Å². The molecule has 0 aliphatic rings. The predicted molar refractivity (Wildman–Crippen MR) is 71.6 cm³/mol. The van der Waals surface area contributed by atoms with Gasteiger partial charge in [0.15, 0.2) is 5.82 Å². The summed E-state index contributed by atoms with van der Waals surface area (Å²) in [5.41, 5.74) is -0.496. The van der Waals surface area contributed by atoms with E-state index < -0.39 is 32.2 Å². The van der Waals surface area contributed by atoms with Crippen LogP contribution >= 0.6 is 11.6 Å². The summed E-state index contributed by atoms with van der Waals surface area (Å²) >= 11 is 5.68. The van der Waals surface area contributed by atoms with E-state index in [4.69, 9.17) is 21.5 Å². The molecule has 9 heteroatoms. The predicted octanol–water partition coefficient (Wildman–Crippen LogP) is 0.891. The van der Waals surface area contributed by atoms with Gasteiger partial charge in [-0.15, -0.1) is 0 Å². The number of hydrogen-bond donors (Lipinski definition) is 2. The highest BCUT2D eigenvalue weighted by atomic mass is 35.5. The number of nitrogens with one attached hydrogen (secondary N) is 1. The van der Waals surface area contributed by atoms with E-state index in [0.29, 0.717) is 0 Å². The van der Waals surface area contributed by atoms with E-state index in [1.54, 1.807) is 6.92 Å². The van der Waals surface area contributed by atoms with Crippen LogP contribution in [0.4, 0.5) is 4.39 Å². The zero-order chi connectivity index (χ0) is 15.5. The largest absolute Gasteiger partial charge is 0.383 e. The van der Waals surface area contributed by atoms with Crippen LogP contribution in [-0.2, 0) is 14.8 Å². The first-order valence-electron chi connectivity index (χ1n) is 5.48. The van der Waals surface area contributed by atoms with Gasteiger partial charge in [0.25, 0.3) is 5.91 Å². The highest BCUT2D eigenvalue weighted by Gasteiger charge is 2.23. The number of hydrogen-bond acceptors (Lipinski definition) is 4. The Morgan fingerprint density at radius 2 is 2.15 bits per heavy atom. The Balaban J connectivity index is 3.19. The average molecular weight is 325 g/mol. The number of methoxy groups -OCH3 is 1. The van der Waals surface area contributed by atoms with E-state index in [2.05, 4.69) is 5.32 Å². The molecule has 0 bridgehead atoms. The monoisotopic (exact) mass is 324 g/mol. The second-order valence-electron chi connectivity index (χ2n) is 4.14. The van der Waals surface area contributed by atoms with Gasteiger partial charge in [0.1, 0.15) is 4.90 Å². The fraction of sp³-hybridized carbons (Fsp3) is 0.364. The molecule has 1 atom stereocenters. The first-order valence-corrected chi connectivity index (χ1v) is 7.41. The fourth-order valence-corrected chi connectivity index (χ4v) is 2.46. The lowest BCUT2D eigenvalue weighted by atomic mass is 10.2. The molecular formula is C11H14ClFN2O4S. The third-order valence-electron chi connectivity index (χ3n) is 2.35. The van der Waals surface area contributed by atoms with Crippen LogP contribution in [-0.4, -0.2) is 34.1 Å². The number of rotatable bonds is 5. The standard InChI is InChI=1S/C11H14ClFN2O4S/c1-6(5-19-2)15-11(16)8-3-7(12)4-9(10(8)13)20(14,17)18/h3-4,6H,5H2,1-2H3,(H,15,16)(H2,14,17,18). The van der Waals surface area contributed by atoms with Crippen molar-refractivity contribution in [3.05, 3.63) is 28.5 Å². The Morgan fingerprint density at radius 3 is 2.65 bits per heavy atom. The number of sulfonamides is 1. The number of carbonyl (C=O) groups excluding carboxylic acids is 1. The molecule has 3 N–H and O–H groups in total. The van der Waals surface area contributed by atoms with Gasteiger partial charge in [0.2, 0.25) is 10.0 Å². The molecule has 0 aliphatic heterocycles. The summed E-state index contributed by atoms with van der Waals surface area (Å²) < 4.78 is 41.3. The number of primary sulfonamides is 1. The molecule has 0 fully saturated rings. The summed E-state index contributed by atoms with van der Waals surface area (Å²) in [6.45, 7) is 1.86. The minimum atomic E-state index is -4.31. The van der Waals surface area contributed by atoms with Crippen molar-refractivity contribution in [2.45, 2.75) is 17.9 Å².